The Bertz CT molecular complexity index is 733. The summed E-state index contributed by atoms with van der Waals surface area (Å²) in [6.45, 7) is 3.54. The van der Waals surface area contributed by atoms with Crippen LogP contribution < -0.4 is 11.2 Å². The number of aromatic nitrogens is 2. The molecule has 1 aromatic heterocycles. The predicted octanol–water partition coefficient (Wildman–Crippen LogP) is 1.11. The van der Waals surface area contributed by atoms with Crippen LogP contribution in [0.15, 0.2) is 21.9 Å². The molecule has 2 fully saturated rings. The van der Waals surface area contributed by atoms with Crippen LogP contribution in [-0.4, -0.2) is 39.9 Å². The molecule has 0 bridgehead atoms. The summed E-state index contributed by atoms with van der Waals surface area (Å²) >= 11 is 0. The lowest BCUT2D eigenvalue weighted by Gasteiger charge is -2.33. The lowest BCUT2D eigenvalue weighted by molar-refractivity contribution is -0.183. The van der Waals surface area contributed by atoms with Gasteiger partial charge in [0.25, 0.3) is 5.56 Å². The summed E-state index contributed by atoms with van der Waals surface area (Å²) in [6.07, 6.45) is 5.17. The van der Waals surface area contributed by atoms with Crippen molar-refractivity contribution in [3.63, 3.8) is 0 Å². The Balaban J connectivity index is 1.50. The van der Waals surface area contributed by atoms with Gasteiger partial charge in [-0.05, 0) is 46.0 Å². The molecule has 0 spiro atoms. The van der Waals surface area contributed by atoms with Gasteiger partial charge in [-0.2, -0.15) is 0 Å². The zero-order valence-electron chi connectivity index (χ0n) is 14.5. The molecule has 25 heavy (non-hydrogen) atoms. The third-order valence-corrected chi connectivity index (χ3v) is 4.65. The fourth-order valence-electron chi connectivity index (χ4n) is 2.96. The second kappa shape index (κ2) is 7.13. The second-order valence-electron chi connectivity index (χ2n) is 7.09. The van der Waals surface area contributed by atoms with Crippen LogP contribution in [0, 0.1) is 0 Å². The van der Waals surface area contributed by atoms with Gasteiger partial charge >= 0.3 is 11.7 Å². The third-order valence-electron chi connectivity index (χ3n) is 4.65. The van der Waals surface area contributed by atoms with Crippen molar-refractivity contribution in [3.8, 4) is 0 Å². The average Bonchev–Trinajstić information content (AvgIpc) is 2.97. The molecule has 0 aromatic carbocycles. The van der Waals surface area contributed by atoms with Gasteiger partial charge in [0.2, 0.25) is 0 Å². The maximum Gasteiger partial charge on any atom is 0.337 e. The minimum absolute atomic E-state index is 0.116. The van der Waals surface area contributed by atoms with Crippen LogP contribution in [0.5, 0.6) is 0 Å². The van der Waals surface area contributed by atoms with E-state index in [2.05, 4.69) is 4.98 Å². The smallest absolute Gasteiger partial charge is 0.337 e. The lowest BCUT2D eigenvalue weighted by atomic mass is 9.95. The molecule has 0 amide bonds. The summed E-state index contributed by atoms with van der Waals surface area (Å²) in [4.78, 5) is 37.4. The van der Waals surface area contributed by atoms with Crippen molar-refractivity contribution in [3.05, 3.63) is 33.1 Å². The molecular weight excluding hydrogens is 328 g/mol. The Labute approximate surface area is 145 Å². The molecule has 3 rings (SSSR count). The largest absolute Gasteiger partial charge is 0.461 e. The molecule has 1 aliphatic heterocycles. The predicted molar refractivity (Wildman–Crippen MR) is 88.2 cm³/mol. The molecule has 1 aromatic rings. The number of carbonyl (C=O) groups is 1. The Morgan fingerprint density at radius 3 is 2.72 bits per heavy atom. The van der Waals surface area contributed by atoms with Crippen molar-refractivity contribution in [2.75, 3.05) is 6.61 Å². The van der Waals surface area contributed by atoms with Crippen LogP contribution in [0.2, 0.25) is 0 Å². The van der Waals surface area contributed by atoms with Crippen LogP contribution >= 0.6 is 0 Å². The highest BCUT2D eigenvalue weighted by atomic mass is 16.6. The third kappa shape index (κ3) is 4.19. The second-order valence-corrected chi connectivity index (χ2v) is 7.09. The summed E-state index contributed by atoms with van der Waals surface area (Å²) in [5.41, 5.74) is -1.93. The van der Waals surface area contributed by atoms with Gasteiger partial charge in [0.1, 0.15) is 12.8 Å². The van der Waals surface area contributed by atoms with E-state index < -0.39 is 29.0 Å². The van der Waals surface area contributed by atoms with E-state index in [1.165, 1.54) is 16.8 Å². The van der Waals surface area contributed by atoms with Gasteiger partial charge in [0, 0.05) is 12.3 Å². The van der Waals surface area contributed by atoms with Crippen LogP contribution in [0.1, 0.15) is 52.2 Å². The lowest BCUT2D eigenvalue weighted by Crippen LogP contribution is -2.42. The quantitative estimate of drug-likeness (QED) is 0.770. The van der Waals surface area contributed by atoms with E-state index in [1.54, 1.807) is 13.8 Å². The highest BCUT2D eigenvalue weighted by Gasteiger charge is 2.36. The molecule has 2 heterocycles. The van der Waals surface area contributed by atoms with Crippen molar-refractivity contribution >= 4 is 5.97 Å². The Hall–Kier alpha value is -1.93. The number of nitrogens with one attached hydrogen (secondary N) is 1. The molecule has 1 N–H and O–H groups in total. The minimum Gasteiger partial charge on any atom is -0.461 e. The molecule has 1 saturated heterocycles. The summed E-state index contributed by atoms with van der Waals surface area (Å²) in [5, 5.41) is 0. The molecule has 2 atom stereocenters. The number of esters is 1. The van der Waals surface area contributed by atoms with Crippen molar-refractivity contribution < 1.29 is 19.0 Å². The van der Waals surface area contributed by atoms with Gasteiger partial charge in [0.15, 0.2) is 5.60 Å². The van der Waals surface area contributed by atoms with Gasteiger partial charge in [-0.1, -0.05) is 0 Å². The maximum absolute atomic E-state index is 12.2. The van der Waals surface area contributed by atoms with Gasteiger partial charge in [0.05, 0.1) is 12.2 Å². The Kier molecular flexibility index (Phi) is 5.10. The summed E-state index contributed by atoms with van der Waals surface area (Å²) in [7, 11) is 0. The van der Waals surface area contributed by atoms with E-state index >= 15 is 0 Å². The van der Waals surface area contributed by atoms with Crippen LogP contribution in [-0.2, 0) is 19.0 Å². The Morgan fingerprint density at radius 1 is 1.32 bits per heavy atom. The number of ether oxygens (including phenoxy) is 3. The number of hydrogen-bond acceptors (Lipinski definition) is 6. The van der Waals surface area contributed by atoms with E-state index in [9.17, 15) is 14.4 Å². The number of hydrogen-bond donors (Lipinski definition) is 1. The summed E-state index contributed by atoms with van der Waals surface area (Å²) < 4.78 is 18.2. The van der Waals surface area contributed by atoms with Crippen molar-refractivity contribution in [1.82, 2.24) is 9.55 Å². The highest BCUT2D eigenvalue weighted by molar-refractivity contribution is 5.78. The zero-order chi connectivity index (χ0) is 18.0. The van der Waals surface area contributed by atoms with Crippen LogP contribution in [0.3, 0.4) is 0 Å². The Morgan fingerprint density at radius 2 is 2.08 bits per heavy atom. The number of aromatic amines is 1. The first-order valence-corrected chi connectivity index (χ1v) is 8.67. The molecule has 1 aliphatic carbocycles. The van der Waals surface area contributed by atoms with E-state index in [4.69, 9.17) is 14.2 Å². The van der Waals surface area contributed by atoms with E-state index in [-0.39, 0.29) is 18.8 Å². The topological polar surface area (TPSA) is 99.6 Å². The standard InChI is InChI=1S/C17H24N2O6/c1-17(2,25-11-4-3-5-11)15(21)23-10-12-6-7-14(24-12)19-9-8-13(20)18-16(19)22/h8-9,11-12,14H,3-7,10H2,1-2H3,(H,18,20,22). The van der Waals surface area contributed by atoms with Crippen molar-refractivity contribution in [2.45, 2.75) is 70.0 Å². The van der Waals surface area contributed by atoms with E-state index in [0.29, 0.717) is 12.8 Å². The fraction of sp³-hybridized carbons (Fsp3) is 0.706. The van der Waals surface area contributed by atoms with Crippen molar-refractivity contribution in [2.24, 2.45) is 0 Å². The number of nitrogens with zero attached hydrogens (tertiary/aromatic N) is 1. The first-order chi connectivity index (χ1) is 11.8. The van der Waals surface area contributed by atoms with Gasteiger partial charge in [-0.3, -0.25) is 14.3 Å². The zero-order valence-corrected chi connectivity index (χ0v) is 14.5. The van der Waals surface area contributed by atoms with Crippen LogP contribution in [0.25, 0.3) is 0 Å². The van der Waals surface area contributed by atoms with E-state index in [1.807, 2.05) is 0 Å². The summed E-state index contributed by atoms with van der Waals surface area (Å²) in [5.74, 6) is -0.410. The molecule has 2 unspecified atom stereocenters. The van der Waals surface area contributed by atoms with Gasteiger partial charge in [-0.25, -0.2) is 9.59 Å². The molecule has 1 saturated carbocycles. The monoisotopic (exact) mass is 352 g/mol. The number of H-pyrrole nitrogens is 1. The first-order valence-electron chi connectivity index (χ1n) is 8.67. The van der Waals surface area contributed by atoms with Crippen LogP contribution in [0.4, 0.5) is 0 Å². The van der Waals surface area contributed by atoms with Crippen molar-refractivity contribution in [1.29, 1.82) is 0 Å². The van der Waals surface area contributed by atoms with E-state index in [0.717, 1.165) is 19.3 Å². The molecule has 8 heteroatoms. The van der Waals surface area contributed by atoms with Gasteiger partial charge in [-0.15, -0.1) is 0 Å². The summed E-state index contributed by atoms with van der Waals surface area (Å²) in [6, 6.07) is 1.28. The molecule has 8 nitrogen and oxygen atoms in total. The highest BCUT2D eigenvalue weighted by Crippen LogP contribution is 2.29. The van der Waals surface area contributed by atoms with Gasteiger partial charge < -0.3 is 14.2 Å². The number of carbonyl (C=O) groups excluding carboxylic acids is 1. The molecule has 0 radical (unpaired) electrons. The molecule has 2 aliphatic rings. The normalized spacial score (nSPS) is 24.1. The minimum atomic E-state index is -0.973. The molecule has 138 valence electrons. The fourth-order valence-corrected chi connectivity index (χ4v) is 2.96. The first kappa shape index (κ1) is 17.9. The molecular formula is C17H24N2O6. The number of rotatable bonds is 6. The average molecular weight is 352 g/mol. The maximum atomic E-state index is 12.2. The SMILES string of the molecule is CC(C)(OC1CCC1)C(=O)OCC1CCC(n2ccc(=O)[nH]c2=O)O1.